The number of imidazole rings is 1. The lowest BCUT2D eigenvalue weighted by atomic mass is 10.2. The molecule has 17 heavy (non-hydrogen) atoms. The highest BCUT2D eigenvalue weighted by molar-refractivity contribution is 7.91. The number of hydrogen-bond donors (Lipinski definition) is 2. The van der Waals surface area contributed by atoms with Crippen LogP contribution in [0.4, 0.5) is 0 Å². The van der Waals surface area contributed by atoms with E-state index >= 15 is 0 Å². The van der Waals surface area contributed by atoms with Crippen LogP contribution in [0, 0.1) is 6.92 Å². The third-order valence-electron chi connectivity index (χ3n) is 3.46. The molecule has 0 bridgehead atoms. The van der Waals surface area contributed by atoms with Crippen LogP contribution in [0.15, 0.2) is 0 Å². The minimum absolute atomic E-state index is 0.157. The Morgan fingerprint density at radius 2 is 2.12 bits per heavy atom. The molecule has 2 fully saturated rings. The SMILES string of the molecule is Cc1[nH]c(C2CS(=O)(=O)CCN2)nc1C1CC1. The zero-order valence-electron chi connectivity index (χ0n) is 9.86. The van der Waals surface area contributed by atoms with Crippen molar-refractivity contribution in [2.24, 2.45) is 0 Å². The van der Waals surface area contributed by atoms with Crippen LogP contribution in [0.25, 0.3) is 0 Å². The summed E-state index contributed by atoms with van der Waals surface area (Å²) in [4.78, 5) is 7.81. The molecule has 3 rings (SSSR count). The molecule has 0 aromatic carbocycles. The molecular formula is C11H17N3O2S. The summed E-state index contributed by atoms with van der Waals surface area (Å²) in [7, 11) is -2.91. The van der Waals surface area contributed by atoms with Gasteiger partial charge < -0.3 is 10.3 Å². The number of sulfone groups is 1. The Morgan fingerprint density at radius 1 is 1.35 bits per heavy atom. The summed E-state index contributed by atoms with van der Waals surface area (Å²) >= 11 is 0. The van der Waals surface area contributed by atoms with Crippen LogP contribution >= 0.6 is 0 Å². The van der Waals surface area contributed by atoms with Crippen molar-refractivity contribution in [3.05, 3.63) is 17.2 Å². The smallest absolute Gasteiger partial charge is 0.153 e. The normalized spacial score (nSPS) is 28.2. The van der Waals surface area contributed by atoms with Gasteiger partial charge >= 0.3 is 0 Å². The van der Waals surface area contributed by atoms with Crippen LogP contribution < -0.4 is 5.32 Å². The van der Waals surface area contributed by atoms with Gasteiger partial charge in [-0.3, -0.25) is 0 Å². The van der Waals surface area contributed by atoms with E-state index in [4.69, 9.17) is 0 Å². The topological polar surface area (TPSA) is 74.8 Å². The molecule has 1 aromatic rings. The number of H-pyrrole nitrogens is 1. The lowest BCUT2D eigenvalue weighted by Crippen LogP contribution is -2.39. The molecule has 1 aliphatic heterocycles. The second-order valence-electron chi connectivity index (χ2n) is 5.03. The quantitative estimate of drug-likeness (QED) is 0.814. The maximum Gasteiger partial charge on any atom is 0.153 e. The largest absolute Gasteiger partial charge is 0.345 e. The highest BCUT2D eigenvalue weighted by Gasteiger charge is 2.32. The highest BCUT2D eigenvalue weighted by atomic mass is 32.2. The number of rotatable bonds is 2. The average molecular weight is 255 g/mol. The Morgan fingerprint density at radius 3 is 2.76 bits per heavy atom. The Labute approximate surface area is 101 Å². The molecule has 1 aliphatic carbocycles. The minimum atomic E-state index is -2.91. The van der Waals surface area contributed by atoms with E-state index in [1.54, 1.807) is 0 Å². The zero-order chi connectivity index (χ0) is 12.0. The number of nitrogens with one attached hydrogen (secondary N) is 2. The summed E-state index contributed by atoms with van der Waals surface area (Å²) in [6, 6.07) is -0.167. The van der Waals surface area contributed by atoms with Crippen LogP contribution in [0.5, 0.6) is 0 Å². The van der Waals surface area contributed by atoms with Gasteiger partial charge in [-0.15, -0.1) is 0 Å². The van der Waals surface area contributed by atoms with E-state index in [1.807, 2.05) is 6.92 Å². The van der Waals surface area contributed by atoms with Gasteiger partial charge in [0.15, 0.2) is 9.84 Å². The molecule has 0 radical (unpaired) electrons. The van der Waals surface area contributed by atoms with E-state index in [0.717, 1.165) is 17.2 Å². The van der Waals surface area contributed by atoms with E-state index in [9.17, 15) is 8.42 Å². The molecule has 6 heteroatoms. The number of aromatic amines is 1. The summed E-state index contributed by atoms with van der Waals surface area (Å²) < 4.78 is 23.2. The van der Waals surface area contributed by atoms with Crippen molar-refractivity contribution >= 4 is 9.84 Å². The van der Waals surface area contributed by atoms with Crippen molar-refractivity contribution in [1.82, 2.24) is 15.3 Å². The molecule has 1 saturated carbocycles. The highest BCUT2D eigenvalue weighted by Crippen LogP contribution is 2.40. The van der Waals surface area contributed by atoms with E-state index < -0.39 is 9.84 Å². The Bertz CT molecular complexity index is 531. The molecule has 0 spiro atoms. The lowest BCUT2D eigenvalue weighted by molar-refractivity contribution is 0.517. The van der Waals surface area contributed by atoms with E-state index in [1.165, 1.54) is 12.8 Å². The summed E-state index contributed by atoms with van der Waals surface area (Å²) in [6.45, 7) is 2.53. The zero-order valence-corrected chi connectivity index (χ0v) is 10.7. The second-order valence-corrected chi connectivity index (χ2v) is 7.26. The summed E-state index contributed by atoms with van der Waals surface area (Å²) in [6.07, 6.45) is 2.42. The molecule has 94 valence electrons. The summed E-state index contributed by atoms with van der Waals surface area (Å²) in [5.74, 6) is 1.77. The number of nitrogens with zero attached hydrogens (tertiary/aromatic N) is 1. The monoisotopic (exact) mass is 255 g/mol. The fourth-order valence-electron chi connectivity index (χ4n) is 2.38. The first-order valence-corrected chi connectivity index (χ1v) is 7.87. The summed E-state index contributed by atoms with van der Waals surface area (Å²) in [5.41, 5.74) is 2.22. The van der Waals surface area contributed by atoms with Crippen molar-refractivity contribution in [2.75, 3.05) is 18.1 Å². The van der Waals surface area contributed by atoms with E-state index in [-0.39, 0.29) is 17.5 Å². The Balaban J connectivity index is 1.86. The third kappa shape index (κ3) is 2.24. The fraction of sp³-hybridized carbons (Fsp3) is 0.727. The van der Waals surface area contributed by atoms with Crippen LogP contribution in [0.2, 0.25) is 0 Å². The Hall–Kier alpha value is -0.880. The molecule has 2 N–H and O–H groups in total. The summed E-state index contributed by atoms with van der Waals surface area (Å²) in [5, 5.41) is 3.22. The van der Waals surface area contributed by atoms with Crippen molar-refractivity contribution in [3.63, 3.8) is 0 Å². The molecule has 1 unspecified atom stereocenters. The van der Waals surface area contributed by atoms with E-state index in [2.05, 4.69) is 15.3 Å². The van der Waals surface area contributed by atoms with E-state index in [0.29, 0.717) is 12.5 Å². The van der Waals surface area contributed by atoms with Gasteiger partial charge in [0.05, 0.1) is 23.2 Å². The molecule has 2 heterocycles. The van der Waals surface area contributed by atoms with Crippen LogP contribution in [-0.2, 0) is 9.84 Å². The Kier molecular flexibility index (Phi) is 2.52. The lowest BCUT2D eigenvalue weighted by Gasteiger charge is -2.21. The van der Waals surface area contributed by atoms with Crippen molar-refractivity contribution in [1.29, 1.82) is 0 Å². The van der Waals surface area contributed by atoms with Gasteiger partial charge in [-0.2, -0.15) is 0 Å². The average Bonchev–Trinajstić information content (AvgIpc) is 3.01. The molecule has 1 aromatic heterocycles. The van der Waals surface area contributed by atoms with Gasteiger partial charge in [0.2, 0.25) is 0 Å². The first-order valence-electron chi connectivity index (χ1n) is 6.05. The van der Waals surface area contributed by atoms with Gasteiger partial charge in [0.1, 0.15) is 5.82 Å². The predicted molar refractivity (Wildman–Crippen MR) is 64.7 cm³/mol. The second kappa shape index (κ2) is 3.81. The standard InChI is InChI=1S/C11H17N3O2S/c1-7-10(8-2-3-8)14-11(13-7)9-6-17(15,16)5-4-12-9/h8-9,12H,2-6H2,1H3,(H,13,14). The first kappa shape index (κ1) is 11.2. The molecule has 5 nitrogen and oxygen atoms in total. The number of hydrogen-bond acceptors (Lipinski definition) is 4. The number of aromatic nitrogens is 2. The van der Waals surface area contributed by atoms with Crippen LogP contribution in [0.3, 0.4) is 0 Å². The molecule has 1 atom stereocenters. The van der Waals surface area contributed by atoms with Crippen molar-refractivity contribution in [3.8, 4) is 0 Å². The third-order valence-corrected chi connectivity index (χ3v) is 5.13. The van der Waals surface area contributed by atoms with Gasteiger partial charge in [-0.1, -0.05) is 0 Å². The molecule has 2 aliphatic rings. The maximum atomic E-state index is 11.6. The van der Waals surface area contributed by atoms with Gasteiger partial charge in [0, 0.05) is 18.2 Å². The van der Waals surface area contributed by atoms with Gasteiger partial charge in [0.25, 0.3) is 0 Å². The molecular weight excluding hydrogens is 238 g/mol. The fourth-order valence-corrected chi connectivity index (χ4v) is 3.76. The number of aryl methyl sites for hydroxylation is 1. The van der Waals surface area contributed by atoms with Crippen LogP contribution in [0.1, 0.15) is 42.0 Å². The van der Waals surface area contributed by atoms with Gasteiger partial charge in [-0.05, 0) is 19.8 Å². The van der Waals surface area contributed by atoms with Crippen molar-refractivity contribution < 1.29 is 8.42 Å². The molecule has 1 saturated heterocycles. The van der Waals surface area contributed by atoms with Crippen molar-refractivity contribution in [2.45, 2.75) is 31.7 Å². The maximum absolute atomic E-state index is 11.6. The predicted octanol–water partition coefficient (Wildman–Crippen LogP) is 0.655. The first-order chi connectivity index (χ1) is 8.05. The van der Waals surface area contributed by atoms with Gasteiger partial charge in [-0.25, -0.2) is 13.4 Å². The molecule has 0 amide bonds. The minimum Gasteiger partial charge on any atom is -0.345 e. The van der Waals surface area contributed by atoms with Crippen LogP contribution in [-0.4, -0.2) is 36.4 Å².